The van der Waals surface area contributed by atoms with Gasteiger partial charge in [-0.15, -0.1) is 0 Å². The Labute approximate surface area is 173 Å². The molecule has 0 spiro atoms. The predicted octanol–water partition coefficient (Wildman–Crippen LogP) is 4.30. The summed E-state index contributed by atoms with van der Waals surface area (Å²) in [5.41, 5.74) is 3.82. The van der Waals surface area contributed by atoms with E-state index in [4.69, 9.17) is 4.74 Å². The number of carbonyl (C=O) groups is 2. The second kappa shape index (κ2) is 7.83. The van der Waals surface area contributed by atoms with Crippen LogP contribution in [-0.2, 0) is 9.59 Å². The van der Waals surface area contributed by atoms with Crippen LogP contribution in [0.1, 0.15) is 24.5 Å². The predicted molar refractivity (Wildman–Crippen MR) is 116 cm³/mol. The molecule has 1 aliphatic rings. The number of anilines is 2. The van der Waals surface area contributed by atoms with Crippen LogP contribution in [0.3, 0.4) is 0 Å². The van der Waals surface area contributed by atoms with Gasteiger partial charge in [-0.05, 0) is 56.2 Å². The zero-order chi connectivity index (χ0) is 20.5. The number of thiazole rings is 1. The summed E-state index contributed by atoms with van der Waals surface area (Å²) in [4.78, 5) is 31.6. The van der Waals surface area contributed by atoms with Crippen molar-refractivity contribution in [3.05, 3.63) is 47.5 Å². The lowest BCUT2D eigenvalue weighted by Gasteiger charge is -2.19. The second-order valence-corrected chi connectivity index (χ2v) is 8.30. The largest absolute Gasteiger partial charge is 0.494 e. The van der Waals surface area contributed by atoms with Gasteiger partial charge in [0.15, 0.2) is 5.13 Å². The number of carbonyl (C=O) groups excluding carboxylic acids is 2. The van der Waals surface area contributed by atoms with Crippen molar-refractivity contribution in [3.63, 3.8) is 0 Å². The minimum atomic E-state index is -0.395. The standard InChI is InChI=1S/C22H23N3O3S/c1-4-28-16-7-8-17-19(11-16)29-22(23-17)24-21(27)15-10-20(26)25(12-15)18-9-13(2)5-6-14(18)3/h5-9,11,15H,4,10,12H2,1-3H3,(H,23,24,27). The number of nitrogens with one attached hydrogen (secondary N) is 1. The summed E-state index contributed by atoms with van der Waals surface area (Å²) in [7, 11) is 0. The van der Waals surface area contributed by atoms with Gasteiger partial charge in [-0.25, -0.2) is 4.98 Å². The van der Waals surface area contributed by atoms with Gasteiger partial charge in [0, 0.05) is 18.7 Å². The quantitative estimate of drug-likeness (QED) is 0.682. The van der Waals surface area contributed by atoms with Crippen molar-refractivity contribution in [3.8, 4) is 5.75 Å². The maximum absolute atomic E-state index is 12.8. The molecule has 1 aliphatic heterocycles. The molecule has 1 unspecified atom stereocenters. The first-order valence-electron chi connectivity index (χ1n) is 9.66. The Kier molecular flexibility index (Phi) is 5.24. The summed E-state index contributed by atoms with van der Waals surface area (Å²) < 4.78 is 6.47. The number of hydrogen-bond acceptors (Lipinski definition) is 5. The first-order valence-corrected chi connectivity index (χ1v) is 10.5. The van der Waals surface area contributed by atoms with Crippen LogP contribution in [0.2, 0.25) is 0 Å². The molecule has 4 rings (SSSR count). The lowest BCUT2D eigenvalue weighted by Crippen LogP contribution is -2.28. The first kappa shape index (κ1) is 19.4. The van der Waals surface area contributed by atoms with Gasteiger partial charge in [-0.2, -0.15) is 0 Å². The SMILES string of the molecule is CCOc1ccc2nc(NC(=O)C3CC(=O)N(c4cc(C)ccc4C)C3)sc2c1. The van der Waals surface area contributed by atoms with E-state index in [1.54, 1.807) is 4.90 Å². The number of ether oxygens (including phenoxy) is 1. The molecule has 1 saturated heterocycles. The molecule has 1 N–H and O–H groups in total. The molecule has 0 aliphatic carbocycles. The molecular weight excluding hydrogens is 386 g/mol. The maximum Gasteiger partial charge on any atom is 0.231 e. The van der Waals surface area contributed by atoms with E-state index < -0.39 is 5.92 Å². The van der Waals surface area contributed by atoms with E-state index in [2.05, 4.69) is 10.3 Å². The molecule has 2 aromatic carbocycles. The van der Waals surface area contributed by atoms with Gasteiger partial charge in [0.1, 0.15) is 5.75 Å². The van der Waals surface area contributed by atoms with Crippen molar-refractivity contribution >= 4 is 44.2 Å². The van der Waals surface area contributed by atoms with Gasteiger partial charge in [0.25, 0.3) is 0 Å². The van der Waals surface area contributed by atoms with Crippen LogP contribution in [0, 0.1) is 19.8 Å². The van der Waals surface area contributed by atoms with Gasteiger partial charge in [0.2, 0.25) is 11.8 Å². The fourth-order valence-electron chi connectivity index (χ4n) is 3.55. The van der Waals surface area contributed by atoms with Crippen LogP contribution in [0.5, 0.6) is 5.75 Å². The van der Waals surface area contributed by atoms with Gasteiger partial charge in [0.05, 0.1) is 22.7 Å². The molecule has 3 aromatic rings. The molecule has 1 aromatic heterocycles. The third kappa shape index (κ3) is 3.96. The Morgan fingerprint density at radius 3 is 2.90 bits per heavy atom. The van der Waals surface area contributed by atoms with E-state index in [0.29, 0.717) is 18.3 Å². The van der Waals surface area contributed by atoms with Crippen molar-refractivity contribution in [1.29, 1.82) is 0 Å². The highest BCUT2D eigenvalue weighted by Crippen LogP contribution is 2.32. The molecule has 0 saturated carbocycles. The van der Waals surface area contributed by atoms with Crippen LogP contribution in [-0.4, -0.2) is 29.9 Å². The molecule has 7 heteroatoms. The summed E-state index contributed by atoms with van der Waals surface area (Å²) in [5.74, 6) is 0.195. The minimum Gasteiger partial charge on any atom is -0.494 e. The number of rotatable bonds is 5. The van der Waals surface area contributed by atoms with Crippen LogP contribution >= 0.6 is 11.3 Å². The fourth-order valence-corrected chi connectivity index (χ4v) is 4.45. The van der Waals surface area contributed by atoms with Gasteiger partial charge < -0.3 is 15.0 Å². The molecule has 0 bridgehead atoms. The summed E-state index contributed by atoms with van der Waals surface area (Å²) in [6, 6.07) is 11.7. The molecule has 6 nitrogen and oxygen atoms in total. The highest BCUT2D eigenvalue weighted by atomic mass is 32.1. The topological polar surface area (TPSA) is 71.5 Å². The minimum absolute atomic E-state index is 0.0236. The molecular formula is C22H23N3O3S. The zero-order valence-corrected chi connectivity index (χ0v) is 17.5. The van der Waals surface area contributed by atoms with Crippen LogP contribution in [0.4, 0.5) is 10.8 Å². The molecule has 2 heterocycles. The summed E-state index contributed by atoms with van der Waals surface area (Å²) in [6.07, 6.45) is 0.207. The molecule has 0 radical (unpaired) electrons. The number of amides is 2. The third-order valence-electron chi connectivity index (χ3n) is 5.05. The second-order valence-electron chi connectivity index (χ2n) is 7.27. The number of hydrogen-bond donors (Lipinski definition) is 1. The number of nitrogens with zero attached hydrogens (tertiary/aromatic N) is 2. The van der Waals surface area contributed by atoms with Crippen LogP contribution in [0.25, 0.3) is 10.2 Å². The van der Waals surface area contributed by atoms with E-state index in [9.17, 15) is 9.59 Å². The maximum atomic E-state index is 12.8. The normalized spacial score (nSPS) is 16.4. The molecule has 1 fully saturated rings. The highest BCUT2D eigenvalue weighted by molar-refractivity contribution is 7.22. The van der Waals surface area contributed by atoms with Gasteiger partial charge in [-0.1, -0.05) is 23.5 Å². The monoisotopic (exact) mass is 409 g/mol. The number of aryl methyl sites for hydroxylation is 2. The summed E-state index contributed by atoms with van der Waals surface area (Å²) >= 11 is 1.41. The summed E-state index contributed by atoms with van der Waals surface area (Å²) in [5, 5.41) is 3.43. The van der Waals surface area contributed by atoms with E-state index in [0.717, 1.165) is 32.8 Å². The highest BCUT2D eigenvalue weighted by Gasteiger charge is 2.36. The van der Waals surface area contributed by atoms with Crippen molar-refractivity contribution < 1.29 is 14.3 Å². The van der Waals surface area contributed by atoms with Crippen molar-refractivity contribution in [2.24, 2.45) is 5.92 Å². The Hall–Kier alpha value is -2.93. The molecule has 1 atom stereocenters. The zero-order valence-electron chi connectivity index (χ0n) is 16.7. The third-order valence-corrected chi connectivity index (χ3v) is 5.99. The smallest absolute Gasteiger partial charge is 0.231 e. The van der Waals surface area contributed by atoms with E-state index in [1.165, 1.54) is 11.3 Å². The molecule has 150 valence electrons. The average molecular weight is 410 g/mol. The number of benzene rings is 2. The Balaban J connectivity index is 1.48. The van der Waals surface area contributed by atoms with Crippen molar-refractivity contribution in [2.75, 3.05) is 23.4 Å². The van der Waals surface area contributed by atoms with Crippen LogP contribution < -0.4 is 15.0 Å². The van der Waals surface area contributed by atoms with E-state index in [-0.39, 0.29) is 18.2 Å². The van der Waals surface area contributed by atoms with E-state index in [1.807, 2.05) is 57.2 Å². The number of aromatic nitrogens is 1. The molecule has 29 heavy (non-hydrogen) atoms. The van der Waals surface area contributed by atoms with E-state index >= 15 is 0 Å². The molecule has 2 amide bonds. The van der Waals surface area contributed by atoms with Gasteiger partial charge in [-0.3, -0.25) is 9.59 Å². The Morgan fingerprint density at radius 1 is 1.28 bits per heavy atom. The van der Waals surface area contributed by atoms with Crippen molar-refractivity contribution in [1.82, 2.24) is 4.98 Å². The lowest BCUT2D eigenvalue weighted by molar-refractivity contribution is -0.122. The fraction of sp³-hybridized carbons (Fsp3) is 0.318. The lowest BCUT2D eigenvalue weighted by atomic mass is 10.1. The first-order chi connectivity index (χ1) is 13.9. The Bertz CT molecular complexity index is 1090. The summed E-state index contributed by atoms with van der Waals surface area (Å²) in [6.45, 7) is 6.90. The van der Waals surface area contributed by atoms with Gasteiger partial charge >= 0.3 is 0 Å². The Morgan fingerprint density at radius 2 is 2.10 bits per heavy atom. The van der Waals surface area contributed by atoms with Crippen LogP contribution in [0.15, 0.2) is 36.4 Å². The number of fused-ring (bicyclic) bond motifs is 1. The average Bonchev–Trinajstić information content (AvgIpc) is 3.26. The van der Waals surface area contributed by atoms with Crippen molar-refractivity contribution in [2.45, 2.75) is 27.2 Å².